The fourth-order valence-electron chi connectivity index (χ4n) is 2.15. The maximum Gasteiger partial charge on any atom is 0.212 e. The minimum Gasteiger partial charge on any atom is -0.398 e. The van der Waals surface area contributed by atoms with E-state index in [1.807, 2.05) is 24.3 Å². The highest BCUT2D eigenvalue weighted by molar-refractivity contribution is 8.00. The first kappa shape index (κ1) is 15.7. The van der Waals surface area contributed by atoms with Crippen molar-refractivity contribution < 1.29 is 8.42 Å². The second-order valence-electron chi connectivity index (χ2n) is 5.19. The summed E-state index contributed by atoms with van der Waals surface area (Å²) in [7, 11) is -3.16. The summed E-state index contributed by atoms with van der Waals surface area (Å²) in [5.74, 6) is 1.39. The van der Waals surface area contributed by atoms with Crippen LogP contribution in [0.5, 0.6) is 0 Å². The van der Waals surface area contributed by atoms with Gasteiger partial charge in [0.1, 0.15) is 0 Å². The molecule has 6 heteroatoms. The van der Waals surface area contributed by atoms with Gasteiger partial charge in [-0.2, -0.15) is 0 Å². The molecule has 2 rings (SSSR count). The number of hydrogen-bond acceptors (Lipinski definition) is 4. The Morgan fingerprint density at radius 3 is 2.70 bits per heavy atom. The second kappa shape index (κ2) is 7.33. The first-order valence-corrected chi connectivity index (χ1v) is 9.65. The average molecular weight is 314 g/mol. The molecule has 1 aromatic carbocycles. The minimum atomic E-state index is -3.16. The van der Waals surface area contributed by atoms with Crippen LogP contribution in [-0.4, -0.2) is 26.5 Å². The Kier molecular flexibility index (Phi) is 5.74. The highest BCUT2D eigenvalue weighted by atomic mass is 32.2. The molecule has 112 valence electrons. The molecule has 0 amide bonds. The predicted octanol–water partition coefficient (Wildman–Crippen LogP) is 2.47. The minimum absolute atomic E-state index is 0.136. The smallest absolute Gasteiger partial charge is 0.212 e. The molecule has 0 atom stereocenters. The number of para-hydroxylation sites is 1. The van der Waals surface area contributed by atoms with Crippen LogP contribution in [0.4, 0.5) is 5.69 Å². The molecule has 1 saturated carbocycles. The quantitative estimate of drug-likeness (QED) is 0.571. The molecular formula is C14H22N2O2S2. The van der Waals surface area contributed by atoms with Crippen LogP contribution in [-0.2, 0) is 10.0 Å². The Hall–Kier alpha value is -0.720. The summed E-state index contributed by atoms with van der Waals surface area (Å²) >= 11 is 1.49. The van der Waals surface area contributed by atoms with E-state index in [1.54, 1.807) is 0 Å². The molecular weight excluding hydrogens is 292 g/mol. The molecule has 3 N–H and O–H groups in total. The predicted molar refractivity (Wildman–Crippen MR) is 85.3 cm³/mol. The number of rotatable bonds is 8. The number of nitrogen functional groups attached to an aromatic ring is 1. The summed E-state index contributed by atoms with van der Waals surface area (Å²) in [5, 5.41) is 0. The Morgan fingerprint density at radius 1 is 1.30 bits per heavy atom. The molecule has 20 heavy (non-hydrogen) atoms. The lowest BCUT2D eigenvalue weighted by molar-refractivity contribution is 0.297. The third-order valence-corrected chi connectivity index (χ3v) is 6.36. The number of anilines is 1. The van der Waals surface area contributed by atoms with Gasteiger partial charge in [0, 0.05) is 22.9 Å². The van der Waals surface area contributed by atoms with Crippen LogP contribution in [0.25, 0.3) is 0 Å². The fraction of sp³-hybridized carbons (Fsp3) is 0.571. The van der Waals surface area contributed by atoms with Crippen molar-refractivity contribution in [3.05, 3.63) is 24.3 Å². The molecule has 0 bridgehead atoms. The van der Waals surface area contributed by atoms with Gasteiger partial charge in [-0.15, -0.1) is 11.8 Å². The number of nitrogens with two attached hydrogens (primary N) is 1. The molecule has 0 heterocycles. The van der Waals surface area contributed by atoms with Crippen molar-refractivity contribution in [2.75, 3.05) is 23.8 Å². The van der Waals surface area contributed by atoms with E-state index in [2.05, 4.69) is 4.72 Å². The standard InChI is InChI=1S/C14H22N2O2S2/c15-13-6-1-2-7-14(13)19-10-11-20(17,18)16-9-8-12-4-3-5-12/h1-2,6-7,12,16H,3-5,8-11,15H2. The van der Waals surface area contributed by atoms with Gasteiger partial charge in [-0.1, -0.05) is 31.4 Å². The van der Waals surface area contributed by atoms with Crippen LogP contribution in [0.15, 0.2) is 29.2 Å². The fourth-order valence-corrected chi connectivity index (χ4v) is 4.56. The number of thioether (sulfide) groups is 1. The van der Waals surface area contributed by atoms with E-state index in [1.165, 1.54) is 31.0 Å². The Labute approximate surface area is 125 Å². The van der Waals surface area contributed by atoms with E-state index in [4.69, 9.17) is 5.73 Å². The lowest BCUT2D eigenvalue weighted by atomic mass is 9.83. The summed E-state index contributed by atoms with van der Waals surface area (Å²) in [6.07, 6.45) is 4.78. The van der Waals surface area contributed by atoms with Gasteiger partial charge < -0.3 is 5.73 Å². The Balaban J connectivity index is 1.67. The van der Waals surface area contributed by atoms with Crippen LogP contribution < -0.4 is 10.5 Å². The third kappa shape index (κ3) is 5.00. The van der Waals surface area contributed by atoms with Crippen molar-refractivity contribution >= 4 is 27.5 Å². The van der Waals surface area contributed by atoms with Crippen LogP contribution >= 0.6 is 11.8 Å². The summed E-state index contributed by atoms with van der Waals surface area (Å²) in [6, 6.07) is 7.52. The first-order valence-electron chi connectivity index (χ1n) is 7.01. The number of benzene rings is 1. The van der Waals surface area contributed by atoms with E-state index in [0.717, 1.165) is 17.2 Å². The summed E-state index contributed by atoms with van der Waals surface area (Å²) < 4.78 is 26.4. The molecule has 0 unspecified atom stereocenters. The van der Waals surface area contributed by atoms with Crippen LogP contribution in [0.1, 0.15) is 25.7 Å². The van der Waals surface area contributed by atoms with Gasteiger partial charge in [-0.25, -0.2) is 13.1 Å². The molecule has 1 fully saturated rings. The SMILES string of the molecule is Nc1ccccc1SCCS(=O)(=O)NCCC1CCC1. The first-order chi connectivity index (χ1) is 9.57. The molecule has 1 aromatic rings. The van der Waals surface area contributed by atoms with Gasteiger partial charge >= 0.3 is 0 Å². The van der Waals surface area contributed by atoms with Crippen molar-refractivity contribution in [3.63, 3.8) is 0 Å². The van der Waals surface area contributed by atoms with Gasteiger partial charge in [0.15, 0.2) is 0 Å². The van der Waals surface area contributed by atoms with Gasteiger partial charge in [0.2, 0.25) is 10.0 Å². The number of hydrogen-bond donors (Lipinski definition) is 2. The Bertz CT molecular complexity index is 528. The average Bonchev–Trinajstić information content (AvgIpc) is 2.35. The van der Waals surface area contributed by atoms with Crippen molar-refractivity contribution in [1.29, 1.82) is 0 Å². The maximum atomic E-state index is 11.8. The molecule has 1 aliphatic rings. The van der Waals surface area contributed by atoms with E-state index in [9.17, 15) is 8.42 Å². The number of sulfonamides is 1. The molecule has 0 aliphatic heterocycles. The highest BCUT2D eigenvalue weighted by Crippen LogP contribution is 2.28. The van der Waals surface area contributed by atoms with E-state index in [-0.39, 0.29) is 5.75 Å². The van der Waals surface area contributed by atoms with Gasteiger partial charge in [-0.05, 0) is 24.5 Å². The lowest BCUT2D eigenvalue weighted by Gasteiger charge is -2.25. The molecule has 1 aliphatic carbocycles. The van der Waals surface area contributed by atoms with Crippen molar-refractivity contribution in [2.45, 2.75) is 30.6 Å². The van der Waals surface area contributed by atoms with E-state index < -0.39 is 10.0 Å². The van der Waals surface area contributed by atoms with Crippen LogP contribution in [0.2, 0.25) is 0 Å². The van der Waals surface area contributed by atoms with E-state index in [0.29, 0.717) is 18.0 Å². The highest BCUT2D eigenvalue weighted by Gasteiger charge is 2.18. The van der Waals surface area contributed by atoms with Crippen molar-refractivity contribution in [3.8, 4) is 0 Å². The topological polar surface area (TPSA) is 72.2 Å². The van der Waals surface area contributed by atoms with Crippen LogP contribution in [0, 0.1) is 5.92 Å². The van der Waals surface area contributed by atoms with Crippen molar-refractivity contribution in [1.82, 2.24) is 4.72 Å². The zero-order valence-electron chi connectivity index (χ0n) is 11.5. The normalized spacial score (nSPS) is 16.0. The van der Waals surface area contributed by atoms with E-state index >= 15 is 0 Å². The lowest BCUT2D eigenvalue weighted by Crippen LogP contribution is -2.30. The largest absolute Gasteiger partial charge is 0.398 e. The van der Waals surface area contributed by atoms with Crippen molar-refractivity contribution in [2.24, 2.45) is 5.92 Å². The van der Waals surface area contributed by atoms with Crippen LogP contribution in [0.3, 0.4) is 0 Å². The summed E-state index contributed by atoms with van der Waals surface area (Å²) in [5.41, 5.74) is 6.52. The molecule has 0 spiro atoms. The maximum absolute atomic E-state index is 11.8. The van der Waals surface area contributed by atoms with Gasteiger partial charge in [0.05, 0.1) is 5.75 Å². The zero-order chi connectivity index (χ0) is 14.4. The van der Waals surface area contributed by atoms with Gasteiger partial charge in [-0.3, -0.25) is 0 Å². The molecule has 0 radical (unpaired) electrons. The molecule has 0 saturated heterocycles. The monoisotopic (exact) mass is 314 g/mol. The second-order valence-corrected chi connectivity index (χ2v) is 8.25. The summed E-state index contributed by atoms with van der Waals surface area (Å²) in [6.45, 7) is 0.575. The molecule has 0 aromatic heterocycles. The number of nitrogens with one attached hydrogen (secondary N) is 1. The zero-order valence-corrected chi connectivity index (χ0v) is 13.2. The van der Waals surface area contributed by atoms with Gasteiger partial charge in [0.25, 0.3) is 0 Å². The molecule has 4 nitrogen and oxygen atoms in total. The third-order valence-electron chi connectivity index (χ3n) is 3.63. The Morgan fingerprint density at radius 2 is 2.05 bits per heavy atom. The summed E-state index contributed by atoms with van der Waals surface area (Å²) in [4.78, 5) is 0.942.